The van der Waals surface area contributed by atoms with Gasteiger partial charge in [-0.25, -0.2) is 4.79 Å². The van der Waals surface area contributed by atoms with Crippen molar-refractivity contribution in [1.82, 2.24) is 15.5 Å². The van der Waals surface area contributed by atoms with Crippen molar-refractivity contribution in [2.75, 3.05) is 13.7 Å². The third-order valence-corrected chi connectivity index (χ3v) is 2.89. The van der Waals surface area contributed by atoms with Gasteiger partial charge in [0.2, 0.25) is 0 Å². The van der Waals surface area contributed by atoms with Crippen LogP contribution in [0.2, 0.25) is 0 Å². The van der Waals surface area contributed by atoms with Gasteiger partial charge in [-0.2, -0.15) is 5.10 Å². The molecule has 0 aliphatic carbocycles. The van der Waals surface area contributed by atoms with Crippen LogP contribution < -0.4 is 5.32 Å². The maximum absolute atomic E-state index is 12.1. The van der Waals surface area contributed by atoms with E-state index >= 15 is 0 Å². The minimum atomic E-state index is -1.53. The van der Waals surface area contributed by atoms with Crippen molar-refractivity contribution in [3.8, 4) is 11.5 Å². The second kappa shape index (κ2) is 5.80. The van der Waals surface area contributed by atoms with Crippen molar-refractivity contribution in [3.05, 3.63) is 30.2 Å². The molecule has 2 heterocycles. The lowest BCUT2D eigenvalue weighted by Crippen LogP contribution is -2.55. The van der Waals surface area contributed by atoms with E-state index in [9.17, 15) is 14.7 Å². The number of hydrogen-bond acceptors (Lipinski definition) is 5. The van der Waals surface area contributed by atoms with Gasteiger partial charge < -0.3 is 19.6 Å². The molecule has 0 aliphatic rings. The summed E-state index contributed by atoms with van der Waals surface area (Å²) < 4.78 is 10.0. The molecule has 0 fully saturated rings. The number of H-pyrrole nitrogens is 1. The highest BCUT2D eigenvalue weighted by Crippen LogP contribution is 2.18. The molecule has 8 heteroatoms. The average Bonchev–Trinajstić information content (AvgIpc) is 3.09. The molecule has 0 aliphatic heterocycles. The van der Waals surface area contributed by atoms with Crippen LogP contribution in [-0.2, 0) is 9.53 Å². The molecule has 0 bridgehead atoms. The van der Waals surface area contributed by atoms with Gasteiger partial charge in [0.1, 0.15) is 5.69 Å². The van der Waals surface area contributed by atoms with Crippen molar-refractivity contribution in [3.63, 3.8) is 0 Å². The number of nitrogens with one attached hydrogen (secondary N) is 2. The number of methoxy groups -OCH3 is 1. The van der Waals surface area contributed by atoms with Gasteiger partial charge in [0.25, 0.3) is 5.91 Å². The predicted molar refractivity (Wildman–Crippen MR) is 71.7 cm³/mol. The van der Waals surface area contributed by atoms with Crippen molar-refractivity contribution in [1.29, 1.82) is 0 Å². The molecule has 0 saturated carbocycles. The zero-order chi connectivity index (χ0) is 15.5. The molecule has 2 aromatic heterocycles. The van der Waals surface area contributed by atoms with Gasteiger partial charge in [-0.3, -0.25) is 9.89 Å². The van der Waals surface area contributed by atoms with Crippen LogP contribution in [0, 0.1) is 0 Å². The quantitative estimate of drug-likeness (QED) is 0.728. The van der Waals surface area contributed by atoms with Crippen LogP contribution in [0.1, 0.15) is 17.4 Å². The van der Waals surface area contributed by atoms with Gasteiger partial charge in [0.05, 0.1) is 12.9 Å². The Balaban J connectivity index is 2.15. The number of nitrogens with zero attached hydrogens (tertiary/aromatic N) is 1. The molecule has 21 heavy (non-hydrogen) atoms. The lowest BCUT2D eigenvalue weighted by atomic mass is 10.0. The third kappa shape index (κ3) is 3.11. The number of carboxylic acids is 1. The first-order valence-corrected chi connectivity index (χ1v) is 6.10. The summed E-state index contributed by atoms with van der Waals surface area (Å²) in [4.78, 5) is 23.3. The topological polar surface area (TPSA) is 117 Å². The molecule has 2 aromatic rings. The summed E-state index contributed by atoms with van der Waals surface area (Å²) in [5, 5.41) is 18.1. The van der Waals surface area contributed by atoms with Crippen LogP contribution in [0.4, 0.5) is 0 Å². The number of amides is 1. The Morgan fingerprint density at radius 2 is 2.33 bits per heavy atom. The lowest BCUT2D eigenvalue weighted by molar-refractivity contribution is -0.145. The van der Waals surface area contributed by atoms with E-state index in [-0.39, 0.29) is 12.3 Å². The number of ether oxygens (including phenoxy) is 1. The summed E-state index contributed by atoms with van der Waals surface area (Å²) in [6.07, 6.45) is 1.50. The van der Waals surface area contributed by atoms with E-state index < -0.39 is 17.4 Å². The predicted octanol–water partition coefficient (Wildman–Crippen LogP) is 0.889. The zero-order valence-electron chi connectivity index (χ0n) is 11.5. The van der Waals surface area contributed by atoms with Crippen molar-refractivity contribution in [2.45, 2.75) is 12.5 Å². The minimum absolute atomic E-state index is 0.0602. The molecular weight excluding hydrogens is 278 g/mol. The molecule has 0 saturated heterocycles. The maximum atomic E-state index is 12.1. The molecular formula is C13H15N3O5. The minimum Gasteiger partial charge on any atom is -0.479 e. The average molecular weight is 293 g/mol. The molecule has 3 N–H and O–H groups in total. The molecule has 0 radical (unpaired) electrons. The monoisotopic (exact) mass is 293 g/mol. The molecule has 2 rings (SSSR count). The normalized spacial score (nSPS) is 13.6. The van der Waals surface area contributed by atoms with Crippen molar-refractivity contribution < 1.29 is 23.8 Å². The number of hydrogen-bond donors (Lipinski definition) is 3. The molecule has 1 unspecified atom stereocenters. The Kier molecular flexibility index (Phi) is 4.08. The summed E-state index contributed by atoms with van der Waals surface area (Å²) >= 11 is 0. The molecule has 0 aromatic carbocycles. The Morgan fingerprint density at radius 3 is 2.90 bits per heavy atom. The number of aromatic nitrogens is 2. The first-order valence-electron chi connectivity index (χ1n) is 6.10. The molecule has 1 amide bonds. The van der Waals surface area contributed by atoms with E-state index in [2.05, 4.69) is 15.5 Å². The number of furan rings is 1. The maximum Gasteiger partial charge on any atom is 0.331 e. The Hall–Kier alpha value is -2.61. The highest BCUT2D eigenvalue weighted by atomic mass is 16.5. The second-order valence-corrected chi connectivity index (χ2v) is 4.67. The van der Waals surface area contributed by atoms with Crippen LogP contribution >= 0.6 is 0 Å². The van der Waals surface area contributed by atoms with Crippen LogP contribution in [0.15, 0.2) is 28.9 Å². The van der Waals surface area contributed by atoms with Crippen molar-refractivity contribution >= 4 is 11.9 Å². The largest absolute Gasteiger partial charge is 0.479 e. The first kappa shape index (κ1) is 14.8. The number of aliphatic carboxylic acids is 1. The summed E-state index contributed by atoms with van der Waals surface area (Å²) in [5.41, 5.74) is -0.950. The summed E-state index contributed by atoms with van der Waals surface area (Å²) in [7, 11) is 1.36. The van der Waals surface area contributed by atoms with Crippen LogP contribution in [0.25, 0.3) is 11.5 Å². The lowest BCUT2D eigenvalue weighted by Gasteiger charge is -2.24. The van der Waals surface area contributed by atoms with Crippen molar-refractivity contribution in [2.24, 2.45) is 0 Å². The van der Waals surface area contributed by atoms with Gasteiger partial charge in [0.15, 0.2) is 17.0 Å². The molecule has 8 nitrogen and oxygen atoms in total. The fraction of sp³-hybridized carbons (Fsp3) is 0.308. The van der Waals surface area contributed by atoms with E-state index in [0.717, 1.165) is 0 Å². The van der Waals surface area contributed by atoms with Crippen LogP contribution in [0.3, 0.4) is 0 Å². The van der Waals surface area contributed by atoms with E-state index in [4.69, 9.17) is 9.15 Å². The van der Waals surface area contributed by atoms with Gasteiger partial charge in [-0.05, 0) is 19.1 Å². The first-order chi connectivity index (χ1) is 9.96. The smallest absolute Gasteiger partial charge is 0.331 e. The third-order valence-electron chi connectivity index (χ3n) is 2.89. The molecule has 112 valence electrons. The van der Waals surface area contributed by atoms with Crippen LogP contribution in [-0.4, -0.2) is 46.4 Å². The summed E-state index contributed by atoms with van der Waals surface area (Å²) in [5.74, 6) is -1.29. The Bertz CT molecular complexity index is 634. The number of carbonyl (C=O) groups excluding carboxylic acids is 1. The van der Waals surface area contributed by atoms with E-state index in [1.165, 1.54) is 26.4 Å². The highest BCUT2D eigenvalue weighted by Gasteiger charge is 2.35. The van der Waals surface area contributed by atoms with E-state index in [0.29, 0.717) is 11.5 Å². The summed E-state index contributed by atoms with van der Waals surface area (Å²) in [6.45, 7) is 1.19. The molecule has 0 spiro atoms. The standard InChI is InChI=1S/C13H15N3O5/c1-13(7-20-2,12(18)19)14-11(17)9-6-8(15-16-9)10-4-3-5-21-10/h3-6H,7H2,1-2H3,(H,14,17)(H,15,16)(H,18,19). The van der Waals surface area contributed by atoms with E-state index in [1.807, 2.05) is 0 Å². The number of carboxylic acid groups (broad SMARTS) is 1. The zero-order valence-corrected chi connectivity index (χ0v) is 11.5. The van der Waals surface area contributed by atoms with Crippen LogP contribution in [0.5, 0.6) is 0 Å². The van der Waals surface area contributed by atoms with Gasteiger partial charge in [-0.1, -0.05) is 0 Å². The number of carbonyl (C=O) groups is 2. The van der Waals surface area contributed by atoms with E-state index in [1.54, 1.807) is 12.1 Å². The number of rotatable bonds is 6. The Morgan fingerprint density at radius 1 is 1.57 bits per heavy atom. The second-order valence-electron chi connectivity index (χ2n) is 4.67. The highest BCUT2D eigenvalue weighted by molar-refractivity contribution is 5.97. The molecule has 1 atom stereocenters. The van der Waals surface area contributed by atoms with Gasteiger partial charge >= 0.3 is 5.97 Å². The SMILES string of the molecule is COCC(C)(NC(=O)c1cc(-c2ccco2)[nH]n1)C(=O)O. The summed E-state index contributed by atoms with van der Waals surface area (Å²) in [6, 6.07) is 4.89. The fourth-order valence-corrected chi connectivity index (χ4v) is 1.75. The van der Waals surface area contributed by atoms with Gasteiger partial charge in [0, 0.05) is 13.2 Å². The Labute approximate surface area is 120 Å². The fourth-order valence-electron chi connectivity index (χ4n) is 1.75. The van der Waals surface area contributed by atoms with Gasteiger partial charge in [-0.15, -0.1) is 0 Å². The number of aromatic amines is 1.